The molecule has 2 aromatic rings. The second-order valence-electron chi connectivity index (χ2n) is 4.49. The van der Waals surface area contributed by atoms with Crippen molar-refractivity contribution in [2.24, 2.45) is 0 Å². The van der Waals surface area contributed by atoms with E-state index in [-0.39, 0.29) is 0 Å². The van der Waals surface area contributed by atoms with Crippen molar-refractivity contribution in [3.05, 3.63) is 50.7 Å². The van der Waals surface area contributed by atoms with Gasteiger partial charge in [0.15, 0.2) is 0 Å². The van der Waals surface area contributed by atoms with E-state index in [4.69, 9.17) is 16.3 Å². The average molecular weight is 296 g/mol. The first-order valence-electron chi connectivity index (χ1n) is 6.29. The summed E-state index contributed by atoms with van der Waals surface area (Å²) in [5.41, 5.74) is 2.49. The highest BCUT2D eigenvalue weighted by Gasteiger charge is 2.02. The molecule has 1 heterocycles. The van der Waals surface area contributed by atoms with Crippen LogP contribution in [0.5, 0.6) is 5.75 Å². The Morgan fingerprint density at radius 2 is 2.11 bits per heavy atom. The molecule has 19 heavy (non-hydrogen) atoms. The van der Waals surface area contributed by atoms with Crippen molar-refractivity contribution in [2.75, 3.05) is 13.2 Å². The Morgan fingerprint density at radius 3 is 2.79 bits per heavy atom. The van der Waals surface area contributed by atoms with Gasteiger partial charge in [-0.05, 0) is 48.6 Å². The number of benzene rings is 1. The van der Waals surface area contributed by atoms with Crippen LogP contribution in [0.2, 0.25) is 5.02 Å². The molecule has 0 saturated carbocycles. The van der Waals surface area contributed by atoms with Gasteiger partial charge in [0.1, 0.15) is 12.4 Å². The minimum atomic E-state index is 0.618. The van der Waals surface area contributed by atoms with Gasteiger partial charge in [-0.1, -0.05) is 17.7 Å². The van der Waals surface area contributed by atoms with Crippen molar-refractivity contribution in [1.82, 2.24) is 5.32 Å². The Bertz CT molecular complexity index is 539. The van der Waals surface area contributed by atoms with E-state index in [1.165, 1.54) is 10.4 Å². The molecule has 0 atom stereocenters. The lowest BCUT2D eigenvalue weighted by molar-refractivity contribution is 0.314. The first kappa shape index (κ1) is 14.4. The van der Waals surface area contributed by atoms with Gasteiger partial charge in [-0.3, -0.25) is 0 Å². The number of ether oxygens (including phenoxy) is 1. The highest BCUT2D eigenvalue weighted by atomic mass is 35.5. The van der Waals surface area contributed by atoms with Crippen molar-refractivity contribution in [2.45, 2.75) is 20.4 Å². The Hall–Kier alpha value is -1.03. The standard InChI is InChI=1S/C15H18ClNOS/c1-11-3-4-14(13(16)9-11)18-7-6-17-10-15-12(2)5-8-19-15/h3-5,8-9,17H,6-7,10H2,1-2H3. The lowest BCUT2D eigenvalue weighted by atomic mass is 10.2. The predicted molar refractivity (Wildman–Crippen MR) is 82.4 cm³/mol. The second-order valence-corrected chi connectivity index (χ2v) is 5.89. The maximum Gasteiger partial charge on any atom is 0.137 e. The molecule has 1 N–H and O–H groups in total. The van der Waals surface area contributed by atoms with E-state index in [1.807, 2.05) is 25.1 Å². The van der Waals surface area contributed by atoms with E-state index < -0.39 is 0 Å². The number of hydrogen-bond acceptors (Lipinski definition) is 3. The maximum absolute atomic E-state index is 6.10. The molecule has 0 aliphatic rings. The van der Waals surface area contributed by atoms with Crippen LogP contribution in [0.25, 0.3) is 0 Å². The van der Waals surface area contributed by atoms with Gasteiger partial charge in [0, 0.05) is 18.0 Å². The summed E-state index contributed by atoms with van der Waals surface area (Å²) in [5, 5.41) is 6.17. The molecule has 0 saturated heterocycles. The molecule has 2 nitrogen and oxygen atoms in total. The zero-order valence-electron chi connectivity index (χ0n) is 11.2. The van der Waals surface area contributed by atoms with Crippen LogP contribution in [0.4, 0.5) is 0 Å². The summed E-state index contributed by atoms with van der Waals surface area (Å²) in [5.74, 6) is 0.751. The third-order valence-corrected chi connectivity index (χ3v) is 4.20. The van der Waals surface area contributed by atoms with Crippen molar-refractivity contribution in [3.63, 3.8) is 0 Å². The summed E-state index contributed by atoms with van der Waals surface area (Å²) in [6.45, 7) is 6.47. The SMILES string of the molecule is Cc1ccc(OCCNCc2sccc2C)c(Cl)c1. The minimum absolute atomic E-state index is 0.618. The van der Waals surface area contributed by atoms with Gasteiger partial charge < -0.3 is 10.1 Å². The first-order valence-corrected chi connectivity index (χ1v) is 7.55. The van der Waals surface area contributed by atoms with Crippen LogP contribution in [0, 0.1) is 13.8 Å². The van der Waals surface area contributed by atoms with Gasteiger partial charge in [0.25, 0.3) is 0 Å². The lowest BCUT2D eigenvalue weighted by Crippen LogP contribution is -2.20. The van der Waals surface area contributed by atoms with Crippen molar-refractivity contribution >= 4 is 22.9 Å². The van der Waals surface area contributed by atoms with E-state index in [9.17, 15) is 0 Å². The number of rotatable bonds is 6. The third kappa shape index (κ3) is 4.23. The molecule has 2 rings (SSSR count). The van der Waals surface area contributed by atoms with Crippen LogP contribution in [0.3, 0.4) is 0 Å². The predicted octanol–water partition coefficient (Wildman–Crippen LogP) is 4.19. The normalized spacial score (nSPS) is 10.7. The van der Waals surface area contributed by atoms with Crippen molar-refractivity contribution in [3.8, 4) is 5.75 Å². The molecule has 0 unspecified atom stereocenters. The van der Waals surface area contributed by atoms with Gasteiger partial charge in [-0.15, -0.1) is 11.3 Å². The van der Waals surface area contributed by atoms with Crippen LogP contribution >= 0.6 is 22.9 Å². The summed E-state index contributed by atoms with van der Waals surface area (Å²) in [7, 11) is 0. The van der Waals surface area contributed by atoms with Crippen LogP contribution in [-0.2, 0) is 6.54 Å². The highest BCUT2D eigenvalue weighted by molar-refractivity contribution is 7.10. The average Bonchev–Trinajstić information content (AvgIpc) is 2.77. The Labute approximate surface area is 123 Å². The maximum atomic E-state index is 6.10. The Balaban J connectivity index is 1.71. The van der Waals surface area contributed by atoms with Crippen LogP contribution in [-0.4, -0.2) is 13.2 Å². The second kappa shape index (κ2) is 6.94. The summed E-state index contributed by atoms with van der Waals surface area (Å²) >= 11 is 7.88. The van der Waals surface area contributed by atoms with Crippen LogP contribution in [0.15, 0.2) is 29.6 Å². The van der Waals surface area contributed by atoms with E-state index in [0.717, 1.165) is 24.4 Å². The number of hydrogen-bond donors (Lipinski definition) is 1. The molecule has 0 aliphatic carbocycles. The van der Waals surface area contributed by atoms with Crippen LogP contribution in [0.1, 0.15) is 16.0 Å². The van der Waals surface area contributed by atoms with E-state index in [0.29, 0.717) is 11.6 Å². The number of aryl methyl sites for hydroxylation is 2. The van der Waals surface area contributed by atoms with Crippen LogP contribution < -0.4 is 10.1 Å². The monoisotopic (exact) mass is 295 g/mol. The molecule has 0 radical (unpaired) electrons. The van der Waals surface area contributed by atoms with Gasteiger partial charge in [0.05, 0.1) is 5.02 Å². The molecular weight excluding hydrogens is 278 g/mol. The van der Waals surface area contributed by atoms with Gasteiger partial charge in [0.2, 0.25) is 0 Å². The number of nitrogens with one attached hydrogen (secondary N) is 1. The molecule has 0 bridgehead atoms. The quantitative estimate of drug-likeness (QED) is 0.807. The smallest absolute Gasteiger partial charge is 0.137 e. The fourth-order valence-corrected chi connectivity index (χ4v) is 2.91. The van der Waals surface area contributed by atoms with E-state index in [1.54, 1.807) is 11.3 Å². The molecule has 1 aromatic carbocycles. The molecule has 102 valence electrons. The van der Waals surface area contributed by atoms with Gasteiger partial charge in [-0.25, -0.2) is 0 Å². The van der Waals surface area contributed by atoms with E-state index >= 15 is 0 Å². The molecule has 0 spiro atoms. The van der Waals surface area contributed by atoms with E-state index in [2.05, 4.69) is 23.7 Å². The largest absolute Gasteiger partial charge is 0.491 e. The van der Waals surface area contributed by atoms with Crippen molar-refractivity contribution in [1.29, 1.82) is 0 Å². The fourth-order valence-electron chi connectivity index (χ4n) is 1.74. The summed E-state index contributed by atoms with van der Waals surface area (Å²) in [6, 6.07) is 7.98. The summed E-state index contributed by atoms with van der Waals surface area (Å²) in [4.78, 5) is 1.38. The van der Waals surface area contributed by atoms with Crippen molar-refractivity contribution < 1.29 is 4.74 Å². The topological polar surface area (TPSA) is 21.3 Å². The number of halogens is 1. The molecule has 4 heteroatoms. The zero-order valence-corrected chi connectivity index (χ0v) is 12.8. The molecular formula is C15H18ClNOS. The third-order valence-electron chi connectivity index (χ3n) is 2.88. The Morgan fingerprint density at radius 1 is 1.26 bits per heavy atom. The highest BCUT2D eigenvalue weighted by Crippen LogP contribution is 2.24. The van der Waals surface area contributed by atoms with Gasteiger partial charge >= 0.3 is 0 Å². The van der Waals surface area contributed by atoms with Gasteiger partial charge in [-0.2, -0.15) is 0 Å². The molecule has 1 aromatic heterocycles. The summed E-state index contributed by atoms with van der Waals surface area (Å²) in [6.07, 6.45) is 0. The lowest BCUT2D eigenvalue weighted by Gasteiger charge is -2.09. The summed E-state index contributed by atoms with van der Waals surface area (Å²) < 4.78 is 5.65. The molecule has 0 aliphatic heterocycles. The Kier molecular flexibility index (Phi) is 5.25. The minimum Gasteiger partial charge on any atom is -0.491 e. The fraction of sp³-hybridized carbons (Fsp3) is 0.333. The first-order chi connectivity index (χ1) is 9.16. The molecule has 0 amide bonds. The number of thiophene rings is 1. The molecule has 0 fully saturated rings. The zero-order chi connectivity index (χ0) is 13.7.